The molecule has 4 spiro atoms. The van der Waals surface area contributed by atoms with Crippen molar-refractivity contribution >= 4 is 33.0 Å². The number of halogens is 1. The van der Waals surface area contributed by atoms with Crippen LogP contribution in [0.4, 0.5) is 0 Å². The fourth-order valence-corrected chi connectivity index (χ4v) is 24.2. The largest absolute Gasteiger partial charge is 0.347 e. The lowest BCUT2D eigenvalue weighted by Gasteiger charge is -2.52. The molecule has 2 unspecified atom stereocenters. The topological polar surface area (TPSA) is 117 Å². The van der Waals surface area contributed by atoms with Gasteiger partial charge in [0.15, 0.2) is 17.4 Å². The molecule has 1 N–H and O–H groups in total. The van der Waals surface area contributed by atoms with Crippen LogP contribution in [0.15, 0.2) is 37.9 Å². The molecule has 0 aromatic heterocycles. The maximum atomic E-state index is 8.09. The van der Waals surface area contributed by atoms with Gasteiger partial charge in [0.05, 0.1) is 39.6 Å². The number of nitrogens with zero attached hydrogens (tertiary/aromatic N) is 7. The molecule has 268 valence electrons. The first-order valence-corrected chi connectivity index (χ1v) is 23.7. The van der Waals surface area contributed by atoms with Gasteiger partial charge in [-0.3, -0.25) is 5.09 Å². The van der Waals surface area contributed by atoms with E-state index < -0.39 is 39.1 Å². The van der Waals surface area contributed by atoms with Gasteiger partial charge in [0.2, 0.25) is 21.7 Å². The molecule has 0 aromatic carbocycles. The molecule has 8 heterocycles. The van der Waals surface area contributed by atoms with Crippen molar-refractivity contribution in [3.05, 3.63) is 24.3 Å². The lowest BCUT2D eigenvalue weighted by molar-refractivity contribution is -0.182. The van der Waals surface area contributed by atoms with Crippen LogP contribution in [0.25, 0.3) is 0 Å². The predicted octanol–water partition coefficient (Wildman–Crippen LogP) is 5.63. The normalized spacial score (nSPS) is 38.3. The van der Waals surface area contributed by atoms with E-state index in [2.05, 4.69) is 48.1 Å². The quantitative estimate of drug-likeness (QED) is 0.353. The van der Waals surface area contributed by atoms with Crippen molar-refractivity contribution in [2.24, 2.45) is 19.5 Å². The van der Waals surface area contributed by atoms with Crippen LogP contribution in [0.3, 0.4) is 0 Å². The zero-order valence-corrected chi connectivity index (χ0v) is 31.2. The van der Waals surface area contributed by atoms with Crippen LogP contribution in [0.2, 0.25) is 0 Å². The predicted molar refractivity (Wildman–Crippen MR) is 186 cm³/mol. The van der Waals surface area contributed by atoms with Gasteiger partial charge >= 0.3 is 0 Å². The van der Waals surface area contributed by atoms with Gasteiger partial charge in [-0.05, 0) is 17.7 Å². The van der Waals surface area contributed by atoms with E-state index in [0.717, 1.165) is 104 Å². The molecule has 0 saturated carbocycles. The average molecular weight is 747 g/mol. The minimum atomic E-state index is -2.93. The maximum absolute atomic E-state index is 8.09. The smallest absolute Gasteiger partial charge is 0.239 e. The highest BCUT2D eigenvalue weighted by Crippen LogP contribution is 2.83. The third kappa shape index (κ3) is 6.06. The van der Waals surface area contributed by atoms with Gasteiger partial charge in [-0.15, -0.1) is 0 Å². The Kier molecular flexibility index (Phi) is 9.27. The van der Waals surface area contributed by atoms with Crippen LogP contribution in [0.5, 0.6) is 0 Å². The molecular formula is C30H50ClN8O6P3. The van der Waals surface area contributed by atoms with Crippen molar-refractivity contribution < 1.29 is 28.4 Å². The molecule has 14 nitrogen and oxygen atoms in total. The Morgan fingerprint density at radius 1 is 0.625 bits per heavy atom. The lowest BCUT2D eigenvalue weighted by atomic mass is 10.1. The van der Waals surface area contributed by atoms with Gasteiger partial charge in [0.25, 0.3) is 0 Å². The molecule has 1 aliphatic carbocycles. The highest BCUT2D eigenvalue weighted by Gasteiger charge is 2.54. The maximum Gasteiger partial charge on any atom is 0.239 e. The number of rotatable bonds is 5. The van der Waals surface area contributed by atoms with Gasteiger partial charge in [0.1, 0.15) is 0 Å². The number of hydrogen-bond donors (Lipinski definition) is 1. The SMILES string of the molecule is ClP1(N2CCC3(CC2)OCCO3)=NP2(=NP(N3CCC4(CC3)OCCO4)(N3CCC4(CC3)OCCO4)=N1)NCCCN2CC1C=CC=C1. The monoisotopic (exact) mass is 746 g/mol. The van der Waals surface area contributed by atoms with Crippen LogP contribution in [-0.2, 0) is 28.4 Å². The Bertz CT molecular complexity index is 1400. The Hall–Kier alpha value is 0.0200. The van der Waals surface area contributed by atoms with E-state index in [1.807, 2.05) is 0 Å². The number of hydrogen-bond acceptors (Lipinski definition) is 14. The van der Waals surface area contributed by atoms with Crippen molar-refractivity contribution in [2.75, 3.05) is 98.5 Å². The van der Waals surface area contributed by atoms with Crippen LogP contribution in [-0.4, -0.2) is 135 Å². The second kappa shape index (κ2) is 13.2. The first-order valence-electron chi connectivity index (χ1n) is 17.9. The van der Waals surface area contributed by atoms with Crippen LogP contribution in [0.1, 0.15) is 44.9 Å². The first-order chi connectivity index (χ1) is 23.4. The lowest BCUT2D eigenvalue weighted by Crippen LogP contribution is -2.49. The Balaban J connectivity index is 1.16. The number of allylic oxidation sites excluding steroid dienone is 2. The minimum Gasteiger partial charge on any atom is -0.347 e. The molecule has 9 rings (SSSR count). The molecule has 7 fully saturated rings. The summed E-state index contributed by atoms with van der Waals surface area (Å²) >= 11 is 8.09. The van der Waals surface area contributed by atoms with E-state index in [9.17, 15) is 0 Å². The summed E-state index contributed by atoms with van der Waals surface area (Å²) in [5, 5.41) is 3.97. The van der Waals surface area contributed by atoms with Gasteiger partial charge in [-0.25, -0.2) is 18.7 Å². The molecular weight excluding hydrogens is 697 g/mol. The number of nitrogens with one attached hydrogen (secondary N) is 1. The second-order valence-corrected chi connectivity index (χ2v) is 23.4. The summed E-state index contributed by atoms with van der Waals surface area (Å²) in [7, 11) is -5.43. The summed E-state index contributed by atoms with van der Waals surface area (Å²) in [6.45, 7) is 8.22. The van der Waals surface area contributed by atoms with Crippen molar-refractivity contribution in [3.8, 4) is 0 Å². The molecule has 8 aliphatic heterocycles. The summed E-state index contributed by atoms with van der Waals surface area (Å²) < 4.78 is 64.9. The Morgan fingerprint density at radius 3 is 1.56 bits per heavy atom. The zero-order chi connectivity index (χ0) is 32.3. The first kappa shape index (κ1) is 33.8. The van der Waals surface area contributed by atoms with E-state index in [1.165, 1.54) is 0 Å². The molecule has 9 aliphatic rings. The molecule has 0 bridgehead atoms. The minimum absolute atomic E-state index is 0.325. The summed E-state index contributed by atoms with van der Waals surface area (Å²) in [5.41, 5.74) is 0. The molecule has 48 heavy (non-hydrogen) atoms. The Morgan fingerprint density at radius 2 is 1.08 bits per heavy atom. The van der Waals surface area contributed by atoms with Crippen molar-refractivity contribution in [1.82, 2.24) is 23.8 Å². The number of piperidine rings is 3. The van der Waals surface area contributed by atoms with E-state index >= 15 is 0 Å². The van der Waals surface area contributed by atoms with Gasteiger partial charge in [-0.1, -0.05) is 24.3 Å². The van der Waals surface area contributed by atoms with Gasteiger partial charge in [-0.2, -0.15) is 13.5 Å². The van der Waals surface area contributed by atoms with E-state index in [0.29, 0.717) is 45.6 Å². The number of ether oxygens (including phenoxy) is 6. The van der Waals surface area contributed by atoms with Crippen molar-refractivity contribution in [1.29, 1.82) is 0 Å². The van der Waals surface area contributed by atoms with Gasteiger partial charge < -0.3 is 28.4 Å². The van der Waals surface area contributed by atoms with E-state index in [-0.39, 0.29) is 0 Å². The summed E-state index contributed by atoms with van der Waals surface area (Å²) in [5.74, 6) is -1.19. The fourth-order valence-electron chi connectivity index (χ4n) is 8.66. The summed E-state index contributed by atoms with van der Waals surface area (Å²) in [6, 6.07) is 0. The molecule has 7 saturated heterocycles. The van der Waals surface area contributed by atoms with Crippen molar-refractivity contribution in [3.63, 3.8) is 0 Å². The zero-order valence-electron chi connectivity index (χ0n) is 27.7. The third-order valence-corrected chi connectivity index (χ3v) is 24.2. The molecule has 0 amide bonds. The van der Waals surface area contributed by atoms with E-state index in [4.69, 9.17) is 53.2 Å². The standard InChI is InChI=1S/C30H50ClN8O6P3/c31-46(36-14-6-28(7-15-36)40-20-21-41-28)33-47(32-12-3-13-39(47)26-27-4-1-2-5-27)35-48(34-46,37-16-8-29(9-17-37)42-22-23-43-29)38-18-10-30(11-19-38)44-24-25-45-30/h1-2,4-5,27,32H,3,6-26H2. The molecule has 2 atom stereocenters. The highest BCUT2D eigenvalue weighted by atomic mass is 35.7. The second-order valence-electron chi connectivity index (χ2n) is 14.2. The summed E-state index contributed by atoms with van der Waals surface area (Å²) in [6.07, 6.45) is 14.6. The average Bonchev–Trinajstić information content (AvgIpc) is 3.94. The highest BCUT2D eigenvalue weighted by molar-refractivity contribution is 7.96. The fraction of sp³-hybridized carbons (Fsp3) is 0.867. The van der Waals surface area contributed by atoms with Gasteiger partial charge in [0, 0.05) is 103 Å². The molecule has 18 heteroatoms. The van der Waals surface area contributed by atoms with Crippen LogP contribution in [0, 0.1) is 5.92 Å². The molecule has 0 radical (unpaired) electrons. The molecule has 0 aromatic rings. The summed E-state index contributed by atoms with van der Waals surface area (Å²) in [4.78, 5) is 0. The Labute approximate surface area is 289 Å². The van der Waals surface area contributed by atoms with Crippen LogP contribution < -0.4 is 5.09 Å². The van der Waals surface area contributed by atoms with Crippen LogP contribution >= 0.6 is 33.0 Å². The van der Waals surface area contributed by atoms with Crippen molar-refractivity contribution in [2.45, 2.75) is 62.3 Å². The third-order valence-electron chi connectivity index (χ3n) is 11.3. The van der Waals surface area contributed by atoms with E-state index in [1.54, 1.807) is 0 Å².